The van der Waals surface area contributed by atoms with Gasteiger partial charge in [0.25, 0.3) is 0 Å². The topological polar surface area (TPSA) is 38.8 Å². The molecule has 2 aliphatic rings. The van der Waals surface area contributed by atoms with Crippen molar-refractivity contribution in [3.63, 3.8) is 0 Å². The average molecular weight is 354 g/mol. The van der Waals surface area contributed by atoms with Gasteiger partial charge in [-0.15, -0.1) is 0 Å². The molecule has 0 aromatic carbocycles. The van der Waals surface area contributed by atoms with Gasteiger partial charge in [-0.3, -0.25) is 9.69 Å². The summed E-state index contributed by atoms with van der Waals surface area (Å²) in [6.45, 7) is 17.7. The first kappa shape index (κ1) is 20.7. The van der Waals surface area contributed by atoms with Crippen LogP contribution < -0.4 is 0 Å². The van der Waals surface area contributed by atoms with Crippen molar-refractivity contribution in [1.82, 2.24) is 4.90 Å². The van der Waals surface area contributed by atoms with Crippen LogP contribution in [-0.4, -0.2) is 48.3 Å². The van der Waals surface area contributed by atoms with Crippen LogP contribution in [0.5, 0.6) is 0 Å². The molecular formula is C21H39NO3. The molecule has 146 valence electrons. The molecule has 4 heteroatoms. The van der Waals surface area contributed by atoms with Crippen LogP contribution in [0.15, 0.2) is 0 Å². The smallest absolute Gasteiger partial charge is 0.324 e. The standard InChI is InChI=1S/C21H39NO3/c1-15(2)18(19(23)25-20(3,4)5)22-12-8-9-17(22)21(6,7)16-10-13-24-14-11-16/h15-18H,8-14H2,1-7H3/t17-,18-/m0/s1. The van der Waals surface area contributed by atoms with Crippen LogP contribution in [0.4, 0.5) is 0 Å². The van der Waals surface area contributed by atoms with E-state index in [2.05, 4.69) is 32.6 Å². The van der Waals surface area contributed by atoms with Crippen LogP contribution in [0.1, 0.15) is 74.1 Å². The van der Waals surface area contributed by atoms with E-state index in [1.54, 1.807) is 0 Å². The number of likely N-dealkylation sites (tertiary alicyclic amines) is 1. The second-order valence-electron chi connectivity index (χ2n) is 9.83. The first-order valence-corrected chi connectivity index (χ1v) is 10.1. The SMILES string of the molecule is CC(C)[C@@H](C(=O)OC(C)(C)C)N1CCC[C@H]1C(C)(C)C1CCOCC1. The van der Waals surface area contributed by atoms with E-state index >= 15 is 0 Å². The molecule has 2 rings (SSSR count). The van der Waals surface area contributed by atoms with Gasteiger partial charge >= 0.3 is 5.97 Å². The summed E-state index contributed by atoms with van der Waals surface area (Å²) in [7, 11) is 0. The summed E-state index contributed by atoms with van der Waals surface area (Å²) in [4.78, 5) is 15.4. The molecule has 0 N–H and O–H groups in total. The summed E-state index contributed by atoms with van der Waals surface area (Å²) in [6.07, 6.45) is 4.62. The van der Waals surface area contributed by atoms with Crippen LogP contribution in [0.25, 0.3) is 0 Å². The van der Waals surface area contributed by atoms with Crippen molar-refractivity contribution in [2.75, 3.05) is 19.8 Å². The number of carbonyl (C=O) groups excluding carboxylic acids is 1. The number of carbonyl (C=O) groups is 1. The van der Waals surface area contributed by atoms with Gasteiger partial charge in [0, 0.05) is 19.3 Å². The highest BCUT2D eigenvalue weighted by molar-refractivity contribution is 5.76. The Morgan fingerprint density at radius 2 is 1.68 bits per heavy atom. The second-order valence-corrected chi connectivity index (χ2v) is 9.83. The van der Waals surface area contributed by atoms with Crippen LogP contribution in [0, 0.1) is 17.3 Å². The molecule has 2 aliphatic heterocycles. The van der Waals surface area contributed by atoms with Gasteiger partial charge in [-0.2, -0.15) is 0 Å². The minimum absolute atomic E-state index is 0.0582. The summed E-state index contributed by atoms with van der Waals surface area (Å²) in [5.41, 5.74) is -0.245. The largest absolute Gasteiger partial charge is 0.459 e. The molecule has 2 saturated heterocycles. The quantitative estimate of drug-likeness (QED) is 0.692. The first-order chi connectivity index (χ1) is 11.5. The molecule has 0 radical (unpaired) electrons. The van der Waals surface area contributed by atoms with Gasteiger partial charge in [-0.05, 0) is 70.3 Å². The molecule has 4 nitrogen and oxygen atoms in total. The maximum Gasteiger partial charge on any atom is 0.324 e. The van der Waals surface area contributed by atoms with E-state index in [1.165, 1.54) is 12.8 Å². The highest BCUT2D eigenvalue weighted by Gasteiger charge is 2.47. The minimum atomic E-state index is -0.435. The molecule has 0 aromatic rings. The Labute approximate surface area is 154 Å². The lowest BCUT2D eigenvalue weighted by Crippen LogP contribution is -2.55. The molecule has 0 aliphatic carbocycles. The molecule has 2 heterocycles. The van der Waals surface area contributed by atoms with Crippen LogP contribution in [0.2, 0.25) is 0 Å². The maximum absolute atomic E-state index is 13.0. The van der Waals surface area contributed by atoms with E-state index < -0.39 is 5.60 Å². The number of esters is 1. The third-order valence-corrected chi connectivity index (χ3v) is 6.06. The summed E-state index contributed by atoms with van der Waals surface area (Å²) in [5.74, 6) is 0.858. The van der Waals surface area contributed by atoms with Gasteiger partial charge in [0.2, 0.25) is 0 Å². The molecule has 0 aromatic heterocycles. The number of hydrogen-bond acceptors (Lipinski definition) is 4. The summed E-state index contributed by atoms with van der Waals surface area (Å²) in [5, 5.41) is 0. The van der Waals surface area contributed by atoms with Crippen molar-refractivity contribution in [2.45, 2.75) is 91.8 Å². The summed E-state index contributed by atoms with van der Waals surface area (Å²) in [6, 6.07) is 0.293. The Bertz CT molecular complexity index is 447. The summed E-state index contributed by atoms with van der Waals surface area (Å²) < 4.78 is 11.4. The highest BCUT2D eigenvalue weighted by Crippen LogP contribution is 2.44. The third-order valence-electron chi connectivity index (χ3n) is 6.06. The fourth-order valence-corrected chi connectivity index (χ4v) is 4.79. The van der Waals surface area contributed by atoms with E-state index in [0.29, 0.717) is 12.0 Å². The van der Waals surface area contributed by atoms with Gasteiger partial charge in [-0.25, -0.2) is 0 Å². The molecule has 0 bridgehead atoms. The van der Waals surface area contributed by atoms with E-state index in [1.807, 2.05) is 20.8 Å². The normalized spacial score (nSPS) is 25.4. The molecule has 0 spiro atoms. The average Bonchev–Trinajstić information content (AvgIpc) is 2.95. The monoisotopic (exact) mass is 353 g/mol. The van der Waals surface area contributed by atoms with E-state index in [4.69, 9.17) is 9.47 Å². The molecule has 25 heavy (non-hydrogen) atoms. The Hall–Kier alpha value is -0.610. The van der Waals surface area contributed by atoms with Gasteiger partial charge in [0.1, 0.15) is 11.6 Å². The Morgan fingerprint density at radius 1 is 1.08 bits per heavy atom. The van der Waals surface area contributed by atoms with Crippen LogP contribution >= 0.6 is 0 Å². The van der Waals surface area contributed by atoms with E-state index in [9.17, 15) is 4.79 Å². The Morgan fingerprint density at radius 3 is 2.20 bits per heavy atom. The lowest BCUT2D eigenvalue weighted by atomic mass is 9.68. The van der Waals surface area contributed by atoms with Crippen molar-refractivity contribution >= 4 is 5.97 Å². The zero-order valence-electron chi connectivity index (χ0n) is 17.4. The second kappa shape index (κ2) is 7.96. The molecule has 2 atom stereocenters. The predicted octanol–water partition coefficient (Wildman–Crippen LogP) is 4.27. The van der Waals surface area contributed by atoms with Gasteiger partial charge in [-0.1, -0.05) is 27.7 Å². The zero-order valence-corrected chi connectivity index (χ0v) is 17.4. The molecule has 0 amide bonds. The Balaban J connectivity index is 2.20. The molecule has 0 saturated carbocycles. The van der Waals surface area contributed by atoms with Crippen molar-refractivity contribution in [3.8, 4) is 0 Å². The van der Waals surface area contributed by atoms with Crippen molar-refractivity contribution in [3.05, 3.63) is 0 Å². The van der Waals surface area contributed by atoms with Crippen molar-refractivity contribution < 1.29 is 14.3 Å². The maximum atomic E-state index is 13.0. The van der Waals surface area contributed by atoms with E-state index in [-0.39, 0.29) is 23.3 Å². The third kappa shape index (κ3) is 4.97. The minimum Gasteiger partial charge on any atom is -0.459 e. The zero-order chi connectivity index (χ0) is 18.8. The molecule has 2 fully saturated rings. The van der Waals surface area contributed by atoms with Gasteiger partial charge in [0.15, 0.2) is 0 Å². The summed E-state index contributed by atoms with van der Waals surface area (Å²) >= 11 is 0. The number of hydrogen-bond donors (Lipinski definition) is 0. The molecular weight excluding hydrogens is 314 g/mol. The number of ether oxygens (including phenoxy) is 2. The first-order valence-electron chi connectivity index (χ1n) is 10.1. The van der Waals surface area contributed by atoms with Crippen molar-refractivity contribution in [1.29, 1.82) is 0 Å². The number of nitrogens with zero attached hydrogens (tertiary/aromatic N) is 1. The highest BCUT2D eigenvalue weighted by atomic mass is 16.6. The van der Waals surface area contributed by atoms with Crippen LogP contribution in [-0.2, 0) is 14.3 Å². The van der Waals surface area contributed by atoms with E-state index in [0.717, 1.165) is 32.6 Å². The lowest BCUT2D eigenvalue weighted by molar-refractivity contribution is -0.165. The van der Waals surface area contributed by atoms with Gasteiger partial charge in [0.05, 0.1) is 0 Å². The van der Waals surface area contributed by atoms with Crippen molar-refractivity contribution in [2.24, 2.45) is 17.3 Å². The fraction of sp³-hybridized carbons (Fsp3) is 0.952. The van der Waals surface area contributed by atoms with Crippen LogP contribution in [0.3, 0.4) is 0 Å². The fourth-order valence-electron chi connectivity index (χ4n) is 4.79. The lowest BCUT2D eigenvalue weighted by Gasteiger charge is -2.47. The number of rotatable bonds is 5. The molecule has 0 unspecified atom stereocenters. The Kier molecular flexibility index (Phi) is 6.59. The van der Waals surface area contributed by atoms with Gasteiger partial charge < -0.3 is 9.47 Å². The predicted molar refractivity (Wildman–Crippen MR) is 102 cm³/mol.